The summed E-state index contributed by atoms with van der Waals surface area (Å²) in [4.78, 5) is 9.03. The minimum atomic E-state index is 0.295. The number of aliphatic imine (C=N–C) groups is 1. The third-order valence-electron chi connectivity index (χ3n) is 4.75. The first kappa shape index (κ1) is 14.9. The number of guanidine groups is 1. The topological polar surface area (TPSA) is 84.6 Å². The van der Waals surface area contributed by atoms with Gasteiger partial charge in [-0.2, -0.15) is 4.98 Å². The van der Waals surface area contributed by atoms with E-state index in [4.69, 9.17) is 9.26 Å². The summed E-state index contributed by atoms with van der Waals surface area (Å²) in [6.07, 6.45) is 6.12. The minimum absolute atomic E-state index is 0.295. The predicted octanol–water partition coefficient (Wildman–Crippen LogP) is 1.57. The summed E-state index contributed by atoms with van der Waals surface area (Å²) in [5.74, 6) is 3.48. The van der Waals surface area contributed by atoms with Gasteiger partial charge in [-0.25, -0.2) is 4.99 Å². The molecule has 7 heteroatoms. The summed E-state index contributed by atoms with van der Waals surface area (Å²) in [5.41, 5.74) is 0. The van der Waals surface area contributed by atoms with Crippen LogP contribution in [0.5, 0.6) is 0 Å². The average Bonchev–Trinajstić information content (AvgIpc) is 3.39. The zero-order valence-electron chi connectivity index (χ0n) is 13.6. The number of ether oxygens (including phenoxy) is 1. The molecule has 3 atom stereocenters. The lowest BCUT2D eigenvalue weighted by Crippen LogP contribution is -2.42. The van der Waals surface area contributed by atoms with Crippen LogP contribution in [-0.2, 0) is 11.3 Å². The largest absolute Gasteiger partial charge is 0.376 e. The molecule has 1 aromatic heterocycles. The number of aromatic nitrogens is 2. The lowest BCUT2D eigenvalue weighted by Gasteiger charge is -2.15. The quantitative estimate of drug-likeness (QED) is 0.611. The molecule has 4 rings (SSSR count). The molecule has 2 N–H and O–H groups in total. The summed E-state index contributed by atoms with van der Waals surface area (Å²) in [5, 5.41) is 10.9. The summed E-state index contributed by atoms with van der Waals surface area (Å²) in [7, 11) is 0. The van der Waals surface area contributed by atoms with E-state index in [1.807, 2.05) is 0 Å². The summed E-state index contributed by atoms with van der Waals surface area (Å²) < 4.78 is 10.9. The maximum atomic E-state index is 5.66. The molecule has 2 heterocycles. The molecule has 0 amide bonds. The van der Waals surface area contributed by atoms with Crippen molar-refractivity contribution in [1.29, 1.82) is 0 Å². The first-order valence-corrected chi connectivity index (χ1v) is 8.77. The van der Waals surface area contributed by atoms with Gasteiger partial charge in [0, 0.05) is 25.1 Å². The molecular weight excluding hydrogens is 294 g/mol. The van der Waals surface area contributed by atoms with Gasteiger partial charge in [-0.05, 0) is 38.0 Å². The van der Waals surface area contributed by atoms with Crippen LogP contribution in [0.1, 0.15) is 56.7 Å². The van der Waals surface area contributed by atoms with Gasteiger partial charge in [-0.1, -0.05) is 12.1 Å². The Bertz CT molecular complexity index is 563. The fraction of sp³-hybridized carbons (Fsp3) is 0.812. The normalized spacial score (nSPS) is 30.5. The second-order valence-corrected chi connectivity index (χ2v) is 6.97. The van der Waals surface area contributed by atoms with E-state index in [-0.39, 0.29) is 0 Å². The highest BCUT2D eigenvalue weighted by Crippen LogP contribution is 2.38. The molecule has 3 fully saturated rings. The molecular formula is C16H25N5O2. The monoisotopic (exact) mass is 319 g/mol. The molecule has 1 aromatic rings. The molecule has 7 nitrogen and oxygen atoms in total. The fourth-order valence-corrected chi connectivity index (χ4v) is 2.85. The van der Waals surface area contributed by atoms with Gasteiger partial charge in [0.25, 0.3) is 0 Å². The minimum Gasteiger partial charge on any atom is -0.376 e. The van der Waals surface area contributed by atoms with Gasteiger partial charge >= 0.3 is 0 Å². The Labute approximate surface area is 136 Å². The molecule has 0 aromatic carbocycles. The second-order valence-electron chi connectivity index (χ2n) is 6.97. The number of hydrogen-bond acceptors (Lipinski definition) is 5. The molecule has 3 unspecified atom stereocenters. The van der Waals surface area contributed by atoms with Crippen LogP contribution in [0.4, 0.5) is 0 Å². The Balaban J connectivity index is 1.33. The molecule has 23 heavy (non-hydrogen) atoms. The Morgan fingerprint density at radius 3 is 2.91 bits per heavy atom. The SMILES string of the molecule is CC1CC1NC(=NCc1nc(C2CC2)no1)NCC1CCCO1. The molecule has 0 bridgehead atoms. The van der Waals surface area contributed by atoms with E-state index < -0.39 is 0 Å². The lowest BCUT2D eigenvalue weighted by atomic mass is 10.2. The van der Waals surface area contributed by atoms with Gasteiger partial charge in [0.15, 0.2) is 11.8 Å². The molecule has 0 radical (unpaired) electrons. The Kier molecular flexibility index (Phi) is 4.20. The fourth-order valence-electron chi connectivity index (χ4n) is 2.85. The third-order valence-corrected chi connectivity index (χ3v) is 4.75. The van der Waals surface area contributed by atoms with Crippen molar-refractivity contribution < 1.29 is 9.26 Å². The highest BCUT2D eigenvalue weighted by Gasteiger charge is 2.33. The molecule has 2 aliphatic carbocycles. The van der Waals surface area contributed by atoms with Crippen LogP contribution < -0.4 is 10.6 Å². The maximum absolute atomic E-state index is 5.66. The van der Waals surface area contributed by atoms with E-state index in [1.165, 1.54) is 19.3 Å². The number of nitrogens with one attached hydrogen (secondary N) is 2. The highest BCUT2D eigenvalue weighted by atomic mass is 16.5. The molecule has 2 saturated carbocycles. The van der Waals surface area contributed by atoms with Crippen LogP contribution in [0.3, 0.4) is 0 Å². The van der Waals surface area contributed by atoms with Crippen molar-refractivity contribution in [3.8, 4) is 0 Å². The van der Waals surface area contributed by atoms with Crippen molar-refractivity contribution >= 4 is 5.96 Å². The zero-order valence-corrected chi connectivity index (χ0v) is 13.6. The van der Waals surface area contributed by atoms with Gasteiger partial charge in [0.05, 0.1) is 6.10 Å². The van der Waals surface area contributed by atoms with Gasteiger partial charge in [-0.3, -0.25) is 0 Å². The molecule has 1 saturated heterocycles. The number of hydrogen-bond donors (Lipinski definition) is 2. The number of rotatable bonds is 6. The molecule has 1 aliphatic heterocycles. The van der Waals surface area contributed by atoms with Crippen molar-refractivity contribution in [3.05, 3.63) is 11.7 Å². The molecule has 0 spiro atoms. The average molecular weight is 319 g/mol. The van der Waals surface area contributed by atoms with E-state index in [0.29, 0.717) is 30.5 Å². The smallest absolute Gasteiger partial charge is 0.248 e. The van der Waals surface area contributed by atoms with Crippen molar-refractivity contribution in [2.75, 3.05) is 13.2 Å². The van der Waals surface area contributed by atoms with E-state index in [1.54, 1.807) is 0 Å². The summed E-state index contributed by atoms with van der Waals surface area (Å²) >= 11 is 0. The highest BCUT2D eigenvalue weighted by molar-refractivity contribution is 5.80. The Morgan fingerprint density at radius 2 is 2.22 bits per heavy atom. The lowest BCUT2D eigenvalue weighted by molar-refractivity contribution is 0.113. The zero-order chi connectivity index (χ0) is 15.6. The van der Waals surface area contributed by atoms with Gasteiger partial charge in [-0.15, -0.1) is 0 Å². The molecule has 126 valence electrons. The molecule has 3 aliphatic rings. The van der Waals surface area contributed by atoms with Crippen LogP contribution in [-0.4, -0.2) is 41.4 Å². The van der Waals surface area contributed by atoms with E-state index in [2.05, 4.69) is 32.7 Å². The standard InChI is InChI=1S/C16H25N5O2/c1-10-7-13(10)19-16(17-8-12-3-2-6-22-12)18-9-14-20-15(21-23-14)11-4-5-11/h10-13H,2-9H2,1H3,(H2,17,18,19). The van der Waals surface area contributed by atoms with Crippen molar-refractivity contribution in [1.82, 2.24) is 20.8 Å². The van der Waals surface area contributed by atoms with Crippen LogP contribution in [0.25, 0.3) is 0 Å². The number of nitrogens with zero attached hydrogens (tertiary/aromatic N) is 3. The van der Waals surface area contributed by atoms with Crippen LogP contribution in [0.2, 0.25) is 0 Å². The van der Waals surface area contributed by atoms with Gasteiger partial charge in [0.1, 0.15) is 6.54 Å². The van der Waals surface area contributed by atoms with E-state index in [9.17, 15) is 0 Å². The first-order valence-electron chi connectivity index (χ1n) is 8.77. The van der Waals surface area contributed by atoms with Crippen LogP contribution in [0, 0.1) is 5.92 Å². The maximum Gasteiger partial charge on any atom is 0.248 e. The van der Waals surface area contributed by atoms with Crippen molar-refractivity contribution in [3.63, 3.8) is 0 Å². The first-order chi connectivity index (χ1) is 11.3. The van der Waals surface area contributed by atoms with Gasteiger partial charge in [0.2, 0.25) is 5.89 Å². The summed E-state index contributed by atoms with van der Waals surface area (Å²) in [6.45, 7) is 4.33. The third kappa shape index (κ3) is 4.02. The second kappa shape index (κ2) is 6.47. The van der Waals surface area contributed by atoms with Crippen molar-refractivity contribution in [2.24, 2.45) is 10.9 Å². The van der Waals surface area contributed by atoms with E-state index in [0.717, 1.165) is 43.7 Å². The van der Waals surface area contributed by atoms with Crippen molar-refractivity contribution in [2.45, 2.75) is 63.6 Å². The van der Waals surface area contributed by atoms with Crippen LogP contribution >= 0.6 is 0 Å². The Hall–Kier alpha value is -1.63. The predicted molar refractivity (Wildman–Crippen MR) is 85.1 cm³/mol. The summed E-state index contributed by atoms with van der Waals surface area (Å²) in [6, 6.07) is 0.524. The van der Waals surface area contributed by atoms with Gasteiger partial charge < -0.3 is 19.9 Å². The van der Waals surface area contributed by atoms with E-state index >= 15 is 0 Å². The van der Waals surface area contributed by atoms with Crippen LogP contribution in [0.15, 0.2) is 9.52 Å². The Morgan fingerprint density at radius 1 is 1.35 bits per heavy atom.